The number of carbonyl (C=O) groups is 3. The molecule has 4 aromatic rings. The van der Waals surface area contributed by atoms with Gasteiger partial charge in [-0.3, -0.25) is 14.4 Å². The van der Waals surface area contributed by atoms with Crippen LogP contribution < -0.4 is 20.8 Å². The summed E-state index contributed by atoms with van der Waals surface area (Å²) in [5.74, 6) is -1.88. The maximum atomic E-state index is 12.7. The van der Waals surface area contributed by atoms with Crippen LogP contribution in [0.5, 0.6) is 5.75 Å². The highest BCUT2D eigenvalue weighted by atomic mass is 35.5. The van der Waals surface area contributed by atoms with Crippen molar-refractivity contribution in [2.24, 2.45) is 5.10 Å². The summed E-state index contributed by atoms with van der Waals surface area (Å²) in [5.41, 5.74) is 4.70. The van der Waals surface area contributed by atoms with Crippen LogP contribution in [0.1, 0.15) is 21.5 Å². The number of amides is 3. The maximum Gasteiger partial charge on any atom is 0.329 e. The summed E-state index contributed by atoms with van der Waals surface area (Å²) in [6.07, 6.45) is 1.39. The van der Waals surface area contributed by atoms with Gasteiger partial charge in [0.25, 0.3) is 5.91 Å². The van der Waals surface area contributed by atoms with Gasteiger partial charge in [0.2, 0.25) is 0 Å². The lowest BCUT2D eigenvalue weighted by molar-refractivity contribution is -0.136. The van der Waals surface area contributed by atoms with Crippen LogP contribution in [0.15, 0.2) is 108 Å². The van der Waals surface area contributed by atoms with Crippen molar-refractivity contribution < 1.29 is 19.1 Å². The minimum absolute atomic E-state index is 0.169. The molecule has 0 fully saturated rings. The van der Waals surface area contributed by atoms with Gasteiger partial charge in [0.15, 0.2) is 0 Å². The summed E-state index contributed by atoms with van der Waals surface area (Å²) in [6.45, 7) is 0.367. The molecule has 0 saturated heterocycles. The predicted molar refractivity (Wildman–Crippen MR) is 147 cm³/mol. The quantitative estimate of drug-likeness (QED) is 0.165. The van der Waals surface area contributed by atoms with Gasteiger partial charge in [-0.15, -0.1) is 0 Å². The molecule has 0 aliphatic rings. The summed E-state index contributed by atoms with van der Waals surface area (Å²) in [6, 6.07) is 29.8. The number of hydrazone groups is 1. The van der Waals surface area contributed by atoms with Gasteiger partial charge < -0.3 is 15.4 Å². The fraction of sp³-hybridized carbons (Fsp3) is 0.0345. The van der Waals surface area contributed by atoms with Crippen molar-refractivity contribution in [1.82, 2.24) is 5.43 Å². The van der Waals surface area contributed by atoms with E-state index in [9.17, 15) is 14.4 Å². The molecule has 0 atom stereocenters. The molecule has 0 bridgehead atoms. The van der Waals surface area contributed by atoms with E-state index in [2.05, 4.69) is 21.2 Å². The fourth-order valence-electron chi connectivity index (χ4n) is 3.37. The number of benzene rings is 4. The third-order valence-corrected chi connectivity index (χ3v) is 5.51. The van der Waals surface area contributed by atoms with E-state index >= 15 is 0 Å². The van der Waals surface area contributed by atoms with Gasteiger partial charge in [0.1, 0.15) is 12.4 Å². The van der Waals surface area contributed by atoms with Gasteiger partial charge in [0.05, 0.1) is 17.5 Å². The summed E-state index contributed by atoms with van der Waals surface area (Å²) in [7, 11) is 0. The molecular weight excluding hydrogens is 504 g/mol. The molecule has 0 saturated carbocycles. The number of rotatable bonds is 8. The Morgan fingerprint density at radius 3 is 2.24 bits per heavy atom. The van der Waals surface area contributed by atoms with Crippen LogP contribution in [0.25, 0.3) is 0 Å². The second-order valence-electron chi connectivity index (χ2n) is 7.97. The zero-order chi connectivity index (χ0) is 26.7. The summed E-state index contributed by atoms with van der Waals surface area (Å²) in [5, 5.41) is 9.59. The van der Waals surface area contributed by atoms with Crippen LogP contribution in [0.2, 0.25) is 5.02 Å². The van der Waals surface area contributed by atoms with Gasteiger partial charge in [-0.2, -0.15) is 5.10 Å². The maximum absolute atomic E-state index is 12.7. The molecule has 0 aromatic heterocycles. The van der Waals surface area contributed by atoms with E-state index in [4.69, 9.17) is 16.3 Å². The van der Waals surface area contributed by atoms with E-state index in [1.807, 2.05) is 36.4 Å². The van der Waals surface area contributed by atoms with Crippen molar-refractivity contribution in [3.8, 4) is 5.75 Å². The Kier molecular flexibility index (Phi) is 8.83. The number of nitrogens with one attached hydrogen (secondary N) is 3. The standard InChI is InChI=1S/C29H23ClN4O4/c30-22-14-16-23(17-15-22)32-27(35)24-11-5-6-12-25(24)33-28(36)29(37)34-31-18-21-10-4-7-13-26(21)38-19-20-8-2-1-3-9-20/h1-18H,19H2,(H,32,35)(H,33,36)(H,34,37)/b31-18+. The minimum Gasteiger partial charge on any atom is -0.488 e. The zero-order valence-electron chi connectivity index (χ0n) is 20.1. The van der Waals surface area contributed by atoms with Gasteiger partial charge in [0, 0.05) is 16.3 Å². The number of anilines is 2. The first kappa shape index (κ1) is 26.1. The van der Waals surface area contributed by atoms with E-state index in [0.717, 1.165) is 5.56 Å². The molecule has 4 rings (SSSR count). The number of nitrogens with zero attached hydrogens (tertiary/aromatic N) is 1. The first-order chi connectivity index (χ1) is 18.5. The predicted octanol–water partition coefficient (Wildman–Crippen LogP) is 5.26. The second-order valence-corrected chi connectivity index (χ2v) is 8.41. The second kappa shape index (κ2) is 12.8. The van der Waals surface area contributed by atoms with Gasteiger partial charge in [-0.05, 0) is 54.1 Å². The number of hydrogen-bond donors (Lipinski definition) is 3. The topological polar surface area (TPSA) is 109 Å². The lowest BCUT2D eigenvalue weighted by Crippen LogP contribution is -2.33. The van der Waals surface area contributed by atoms with E-state index < -0.39 is 17.7 Å². The Morgan fingerprint density at radius 1 is 0.763 bits per heavy atom. The molecule has 0 heterocycles. The lowest BCUT2D eigenvalue weighted by atomic mass is 10.1. The smallest absolute Gasteiger partial charge is 0.329 e. The molecule has 190 valence electrons. The Hall–Kier alpha value is -4.95. The van der Waals surface area contributed by atoms with Crippen LogP contribution >= 0.6 is 11.6 Å². The van der Waals surface area contributed by atoms with Crippen molar-refractivity contribution in [3.05, 3.63) is 125 Å². The molecule has 0 aliphatic heterocycles. The highest BCUT2D eigenvalue weighted by Crippen LogP contribution is 2.20. The van der Waals surface area contributed by atoms with Gasteiger partial charge in [-0.1, -0.05) is 66.2 Å². The summed E-state index contributed by atoms with van der Waals surface area (Å²) >= 11 is 5.88. The number of halogens is 1. The highest BCUT2D eigenvalue weighted by molar-refractivity contribution is 6.40. The van der Waals surface area contributed by atoms with E-state index in [1.165, 1.54) is 18.3 Å². The molecule has 0 unspecified atom stereocenters. The molecule has 3 N–H and O–H groups in total. The third kappa shape index (κ3) is 7.28. The van der Waals surface area contributed by atoms with Gasteiger partial charge in [-0.25, -0.2) is 5.43 Å². The average molecular weight is 527 g/mol. The van der Waals surface area contributed by atoms with Crippen LogP contribution in [0, 0.1) is 0 Å². The molecule has 0 aliphatic carbocycles. The van der Waals surface area contributed by atoms with Gasteiger partial charge >= 0.3 is 11.8 Å². The highest BCUT2D eigenvalue weighted by Gasteiger charge is 2.18. The monoisotopic (exact) mass is 526 g/mol. The van der Waals surface area contributed by atoms with Crippen LogP contribution in [-0.4, -0.2) is 23.9 Å². The fourth-order valence-corrected chi connectivity index (χ4v) is 3.49. The van der Waals surface area contributed by atoms with E-state index in [-0.39, 0.29) is 11.3 Å². The van der Waals surface area contributed by atoms with E-state index in [0.29, 0.717) is 28.6 Å². The molecule has 3 amide bonds. The molecule has 4 aromatic carbocycles. The number of hydrogen-bond acceptors (Lipinski definition) is 5. The van der Waals surface area contributed by atoms with Crippen molar-refractivity contribution in [1.29, 1.82) is 0 Å². The first-order valence-electron chi connectivity index (χ1n) is 11.6. The third-order valence-electron chi connectivity index (χ3n) is 5.25. The molecule has 8 nitrogen and oxygen atoms in total. The van der Waals surface area contributed by atoms with Crippen molar-refractivity contribution in [3.63, 3.8) is 0 Å². The largest absolute Gasteiger partial charge is 0.488 e. The Labute approximate surface area is 224 Å². The normalized spacial score (nSPS) is 10.6. The number of ether oxygens (including phenoxy) is 1. The summed E-state index contributed by atoms with van der Waals surface area (Å²) < 4.78 is 5.86. The lowest BCUT2D eigenvalue weighted by Gasteiger charge is -2.11. The number of para-hydroxylation sites is 2. The van der Waals surface area contributed by atoms with Crippen LogP contribution in [0.3, 0.4) is 0 Å². The Balaban J connectivity index is 1.35. The SMILES string of the molecule is O=C(N/N=C/c1ccccc1OCc1ccccc1)C(=O)Nc1ccccc1C(=O)Nc1ccc(Cl)cc1. The summed E-state index contributed by atoms with van der Waals surface area (Å²) in [4.78, 5) is 37.6. The Bertz CT molecular complexity index is 1460. The number of carbonyl (C=O) groups excluding carboxylic acids is 3. The Morgan fingerprint density at radius 2 is 1.45 bits per heavy atom. The zero-order valence-corrected chi connectivity index (χ0v) is 20.8. The molecule has 0 spiro atoms. The molecular formula is C29H23ClN4O4. The molecule has 9 heteroatoms. The first-order valence-corrected chi connectivity index (χ1v) is 11.9. The van der Waals surface area contributed by atoms with Crippen molar-refractivity contribution >= 4 is 46.9 Å². The molecule has 38 heavy (non-hydrogen) atoms. The van der Waals surface area contributed by atoms with Crippen LogP contribution in [-0.2, 0) is 16.2 Å². The van der Waals surface area contributed by atoms with Crippen molar-refractivity contribution in [2.45, 2.75) is 6.61 Å². The minimum atomic E-state index is -1.00. The average Bonchev–Trinajstić information content (AvgIpc) is 2.94. The molecule has 0 radical (unpaired) electrons. The van der Waals surface area contributed by atoms with E-state index in [1.54, 1.807) is 54.6 Å². The van der Waals surface area contributed by atoms with Crippen LogP contribution in [0.4, 0.5) is 11.4 Å². The van der Waals surface area contributed by atoms with Crippen molar-refractivity contribution in [2.75, 3.05) is 10.6 Å².